The summed E-state index contributed by atoms with van der Waals surface area (Å²) in [6, 6.07) is 7.82. The van der Waals surface area contributed by atoms with Crippen LogP contribution in [0.4, 0.5) is 10.3 Å². The molecule has 0 N–H and O–H groups in total. The van der Waals surface area contributed by atoms with Crippen molar-refractivity contribution in [1.29, 1.82) is 0 Å². The highest BCUT2D eigenvalue weighted by molar-refractivity contribution is 5.84. The number of alkyl halides is 1. The average Bonchev–Trinajstić information content (AvgIpc) is 2.55. The van der Waals surface area contributed by atoms with Crippen molar-refractivity contribution < 1.29 is 9.13 Å². The predicted molar refractivity (Wildman–Crippen MR) is 80.7 cm³/mol. The highest BCUT2D eigenvalue weighted by Gasteiger charge is 2.20. The molecule has 5 nitrogen and oxygen atoms in total. The predicted octanol–water partition coefficient (Wildman–Crippen LogP) is 1.73. The lowest BCUT2D eigenvalue weighted by atomic mass is 10.2. The second kappa shape index (κ2) is 6.22. The molecular formula is C15H19FN4O. The van der Waals surface area contributed by atoms with Crippen LogP contribution in [-0.4, -0.2) is 61.4 Å². The number of methoxy groups -OCH3 is 1. The van der Waals surface area contributed by atoms with E-state index in [1.807, 2.05) is 24.3 Å². The second-order valence-electron chi connectivity index (χ2n) is 5.07. The first-order chi connectivity index (χ1) is 10.3. The Morgan fingerprint density at radius 3 is 2.62 bits per heavy atom. The summed E-state index contributed by atoms with van der Waals surface area (Å²) in [4.78, 5) is 13.4. The van der Waals surface area contributed by atoms with E-state index >= 15 is 0 Å². The van der Waals surface area contributed by atoms with Crippen molar-refractivity contribution in [2.24, 2.45) is 0 Å². The van der Waals surface area contributed by atoms with Crippen LogP contribution in [-0.2, 0) is 0 Å². The Morgan fingerprint density at radius 1 is 1.14 bits per heavy atom. The van der Waals surface area contributed by atoms with Crippen molar-refractivity contribution in [3.63, 3.8) is 0 Å². The number of hydrogen-bond acceptors (Lipinski definition) is 5. The first kappa shape index (κ1) is 14.0. The Bertz CT molecular complexity index is 614. The van der Waals surface area contributed by atoms with Crippen LogP contribution in [0.1, 0.15) is 0 Å². The number of rotatable bonds is 4. The van der Waals surface area contributed by atoms with Gasteiger partial charge in [-0.3, -0.25) is 4.90 Å². The Morgan fingerprint density at radius 2 is 1.90 bits per heavy atom. The minimum Gasteiger partial charge on any atom is -0.480 e. The topological polar surface area (TPSA) is 41.5 Å². The summed E-state index contributed by atoms with van der Waals surface area (Å²) >= 11 is 0. The smallest absolute Gasteiger partial charge is 0.229 e. The molecule has 6 heteroatoms. The number of para-hydroxylation sites is 1. The van der Waals surface area contributed by atoms with E-state index in [-0.39, 0.29) is 6.67 Å². The molecule has 2 aromatic rings. The zero-order valence-corrected chi connectivity index (χ0v) is 12.1. The van der Waals surface area contributed by atoms with Crippen molar-refractivity contribution in [1.82, 2.24) is 14.9 Å². The average molecular weight is 290 g/mol. The van der Waals surface area contributed by atoms with Crippen molar-refractivity contribution in [2.45, 2.75) is 0 Å². The van der Waals surface area contributed by atoms with E-state index in [0.717, 1.165) is 37.1 Å². The van der Waals surface area contributed by atoms with E-state index in [1.165, 1.54) is 0 Å². The fraction of sp³-hybridized carbons (Fsp3) is 0.467. The third-order valence-corrected chi connectivity index (χ3v) is 3.81. The summed E-state index contributed by atoms with van der Waals surface area (Å²) < 4.78 is 17.8. The maximum atomic E-state index is 12.4. The van der Waals surface area contributed by atoms with Crippen molar-refractivity contribution in [2.75, 3.05) is 51.4 Å². The van der Waals surface area contributed by atoms with Crippen molar-refractivity contribution in [3.8, 4) is 5.88 Å². The van der Waals surface area contributed by atoms with E-state index in [1.54, 1.807) is 7.11 Å². The molecule has 0 unspecified atom stereocenters. The van der Waals surface area contributed by atoms with E-state index in [0.29, 0.717) is 18.4 Å². The molecule has 1 aromatic carbocycles. The standard InChI is InChI=1S/C15H19FN4O/c1-21-14-12-4-2-3-5-13(12)17-15(18-14)20-10-8-19(7-6-16)9-11-20/h2-5H,6-11H2,1H3. The van der Waals surface area contributed by atoms with E-state index < -0.39 is 0 Å². The van der Waals surface area contributed by atoms with Gasteiger partial charge < -0.3 is 9.64 Å². The molecule has 2 heterocycles. The molecule has 0 amide bonds. The van der Waals surface area contributed by atoms with Crippen LogP contribution in [0.5, 0.6) is 5.88 Å². The van der Waals surface area contributed by atoms with Crippen molar-refractivity contribution in [3.05, 3.63) is 24.3 Å². The molecule has 112 valence electrons. The number of hydrogen-bond donors (Lipinski definition) is 0. The van der Waals surface area contributed by atoms with Crippen LogP contribution in [0.25, 0.3) is 10.9 Å². The highest BCUT2D eigenvalue weighted by atomic mass is 19.1. The van der Waals surface area contributed by atoms with Gasteiger partial charge in [-0.1, -0.05) is 12.1 Å². The molecule has 1 aliphatic rings. The van der Waals surface area contributed by atoms with Crippen LogP contribution < -0.4 is 9.64 Å². The largest absolute Gasteiger partial charge is 0.480 e. The van der Waals surface area contributed by atoms with Gasteiger partial charge >= 0.3 is 0 Å². The minimum atomic E-state index is -0.291. The van der Waals surface area contributed by atoms with Gasteiger partial charge in [0.05, 0.1) is 18.0 Å². The quantitative estimate of drug-likeness (QED) is 0.858. The monoisotopic (exact) mass is 290 g/mol. The molecule has 1 saturated heterocycles. The van der Waals surface area contributed by atoms with E-state index in [9.17, 15) is 4.39 Å². The third kappa shape index (κ3) is 2.90. The fourth-order valence-electron chi connectivity index (χ4n) is 2.62. The number of anilines is 1. The van der Waals surface area contributed by atoms with Gasteiger partial charge in [-0.2, -0.15) is 4.98 Å². The first-order valence-corrected chi connectivity index (χ1v) is 7.16. The molecule has 0 radical (unpaired) electrons. The summed E-state index contributed by atoms with van der Waals surface area (Å²) in [5.74, 6) is 1.28. The van der Waals surface area contributed by atoms with Gasteiger partial charge in [0.2, 0.25) is 11.8 Å². The number of piperazine rings is 1. The number of halogens is 1. The Hall–Kier alpha value is -1.95. The van der Waals surface area contributed by atoms with Gasteiger partial charge in [0.1, 0.15) is 6.67 Å². The summed E-state index contributed by atoms with van der Waals surface area (Å²) in [5, 5.41) is 0.916. The minimum absolute atomic E-state index is 0.291. The van der Waals surface area contributed by atoms with E-state index in [4.69, 9.17) is 4.74 Å². The Balaban J connectivity index is 1.84. The molecule has 0 saturated carbocycles. The van der Waals surface area contributed by atoms with Crippen LogP contribution in [0, 0.1) is 0 Å². The maximum Gasteiger partial charge on any atom is 0.229 e. The van der Waals surface area contributed by atoms with Gasteiger partial charge in [-0.25, -0.2) is 9.37 Å². The first-order valence-electron chi connectivity index (χ1n) is 7.16. The molecule has 3 rings (SSSR count). The third-order valence-electron chi connectivity index (χ3n) is 3.81. The highest BCUT2D eigenvalue weighted by Crippen LogP contribution is 2.25. The number of nitrogens with zero attached hydrogens (tertiary/aromatic N) is 4. The van der Waals surface area contributed by atoms with E-state index in [2.05, 4.69) is 19.8 Å². The van der Waals surface area contributed by atoms with Crippen LogP contribution in [0.2, 0.25) is 0 Å². The van der Waals surface area contributed by atoms with Crippen molar-refractivity contribution >= 4 is 16.9 Å². The second-order valence-corrected chi connectivity index (χ2v) is 5.07. The lowest BCUT2D eigenvalue weighted by molar-refractivity contribution is 0.234. The van der Waals surface area contributed by atoms with Gasteiger partial charge in [-0.05, 0) is 12.1 Å². The molecule has 0 atom stereocenters. The van der Waals surface area contributed by atoms with Crippen LogP contribution in [0.15, 0.2) is 24.3 Å². The van der Waals surface area contributed by atoms with Gasteiger partial charge in [-0.15, -0.1) is 0 Å². The number of aromatic nitrogens is 2. The van der Waals surface area contributed by atoms with Gasteiger partial charge in [0.15, 0.2) is 0 Å². The van der Waals surface area contributed by atoms with Gasteiger partial charge in [0, 0.05) is 32.7 Å². The molecule has 0 bridgehead atoms. The summed E-state index contributed by atoms with van der Waals surface area (Å²) in [7, 11) is 1.62. The Labute approximate surface area is 123 Å². The molecule has 21 heavy (non-hydrogen) atoms. The fourth-order valence-corrected chi connectivity index (χ4v) is 2.62. The zero-order chi connectivity index (χ0) is 14.7. The van der Waals surface area contributed by atoms with Crippen LogP contribution >= 0.6 is 0 Å². The SMILES string of the molecule is COc1nc(N2CCN(CCF)CC2)nc2ccccc12. The molecule has 1 aromatic heterocycles. The lowest BCUT2D eigenvalue weighted by Gasteiger charge is -2.34. The summed E-state index contributed by atoms with van der Waals surface area (Å²) in [5.41, 5.74) is 0.880. The molecule has 1 fully saturated rings. The molecule has 0 aliphatic carbocycles. The van der Waals surface area contributed by atoms with Gasteiger partial charge in [0.25, 0.3) is 0 Å². The zero-order valence-electron chi connectivity index (χ0n) is 12.1. The number of benzene rings is 1. The van der Waals surface area contributed by atoms with Crippen LogP contribution in [0.3, 0.4) is 0 Å². The maximum absolute atomic E-state index is 12.4. The molecular weight excluding hydrogens is 271 g/mol. The molecule has 0 spiro atoms. The summed E-state index contributed by atoms with van der Waals surface area (Å²) in [6.45, 7) is 3.50. The Kier molecular flexibility index (Phi) is 4.15. The number of fused-ring (bicyclic) bond motifs is 1. The molecule has 1 aliphatic heterocycles. The lowest BCUT2D eigenvalue weighted by Crippen LogP contribution is -2.47. The normalized spacial score (nSPS) is 16.4. The summed E-state index contributed by atoms with van der Waals surface area (Å²) in [6.07, 6.45) is 0. The number of ether oxygens (including phenoxy) is 1.